The van der Waals surface area contributed by atoms with E-state index in [0.717, 1.165) is 24.1 Å². The zero-order chi connectivity index (χ0) is 19.5. The number of hydrogen-bond acceptors (Lipinski definition) is 6. The van der Waals surface area contributed by atoms with Crippen molar-refractivity contribution in [2.75, 3.05) is 13.1 Å². The van der Waals surface area contributed by atoms with Crippen molar-refractivity contribution in [2.45, 2.75) is 32.1 Å². The van der Waals surface area contributed by atoms with Gasteiger partial charge in [0.05, 0.1) is 18.3 Å². The first-order valence-electron chi connectivity index (χ1n) is 9.23. The van der Waals surface area contributed by atoms with Gasteiger partial charge < -0.3 is 9.42 Å². The molecule has 3 heterocycles. The lowest BCUT2D eigenvalue weighted by atomic mass is 9.95. The van der Waals surface area contributed by atoms with Crippen LogP contribution in [-0.2, 0) is 11.2 Å². The molecule has 1 aliphatic heterocycles. The fourth-order valence-electron chi connectivity index (χ4n) is 3.33. The molecule has 0 bridgehead atoms. The summed E-state index contributed by atoms with van der Waals surface area (Å²) in [7, 11) is 0. The minimum Gasteiger partial charge on any atom is -0.342 e. The molecule has 28 heavy (non-hydrogen) atoms. The summed E-state index contributed by atoms with van der Waals surface area (Å²) in [5, 5.41) is 4.76. The van der Waals surface area contributed by atoms with E-state index in [-0.39, 0.29) is 11.8 Å². The Hall–Kier alpha value is -2.80. The maximum Gasteiger partial charge on any atom is 0.278 e. The molecule has 144 valence electrons. The SMILES string of the molecule is Cc1cnc(-c2nc(C3CCN(C(=O)Cc4cccc(Cl)c4)CC3)no2)cn1. The van der Waals surface area contributed by atoms with Gasteiger partial charge in [-0.1, -0.05) is 28.9 Å². The summed E-state index contributed by atoms with van der Waals surface area (Å²) in [6, 6.07) is 7.43. The van der Waals surface area contributed by atoms with E-state index in [4.69, 9.17) is 16.1 Å². The normalized spacial score (nSPS) is 15.0. The smallest absolute Gasteiger partial charge is 0.278 e. The molecule has 0 atom stereocenters. The van der Waals surface area contributed by atoms with Crippen molar-refractivity contribution >= 4 is 17.5 Å². The molecule has 7 nitrogen and oxygen atoms in total. The summed E-state index contributed by atoms with van der Waals surface area (Å²) in [5.41, 5.74) is 2.33. The number of aromatic nitrogens is 4. The molecular formula is C20H20ClN5O2. The number of halogens is 1. The standard InChI is InChI=1S/C20H20ClN5O2/c1-13-11-23-17(12-22-13)20-24-19(25-28-20)15-5-7-26(8-6-15)18(27)10-14-3-2-4-16(21)9-14/h2-4,9,11-12,15H,5-8,10H2,1H3. The van der Waals surface area contributed by atoms with Crippen LogP contribution in [0.5, 0.6) is 0 Å². The van der Waals surface area contributed by atoms with Crippen molar-refractivity contribution in [1.29, 1.82) is 0 Å². The quantitative estimate of drug-likeness (QED) is 0.670. The predicted octanol–water partition coefficient (Wildman–Crippen LogP) is 3.44. The number of benzene rings is 1. The van der Waals surface area contributed by atoms with Crippen LogP contribution in [0.1, 0.15) is 35.8 Å². The second kappa shape index (κ2) is 8.06. The van der Waals surface area contributed by atoms with E-state index in [1.54, 1.807) is 12.4 Å². The highest BCUT2D eigenvalue weighted by atomic mass is 35.5. The molecule has 2 aromatic heterocycles. The van der Waals surface area contributed by atoms with Gasteiger partial charge in [-0.25, -0.2) is 4.98 Å². The average molecular weight is 398 g/mol. The Morgan fingerprint density at radius 2 is 2.07 bits per heavy atom. The van der Waals surface area contributed by atoms with Crippen LogP contribution < -0.4 is 0 Å². The van der Waals surface area contributed by atoms with Crippen LogP contribution in [0.15, 0.2) is 41.2 Å². The summed E-state index contributed by atoms with van der Waals surface area (Å²) in [6.07, 6.45) is 5.27. The summed E-state index contributed by atoms with van der Waals surface area (Å²) in [4.78, 5) is 27.4. The number of hydrogen-bond donors (Lipinski definition) is 0. The number of amides is 1. The van der Waals surface area contributed by atoms with Gasteiger partial charge in [0.2, 0.25) is 5.91 Å². The fraction of sp³-hybridized carbons (Fsp3) is 0.350. The number of carbonyl (C=O) groups excluding carboxylic acids is 1. The van der Waals surface area contributed by atoms with Gasteiger partial charge in [0.1, 0.15) is 5.69 Å². The molecule has 0 spiro atoms. The second-order valence-electron chi connectivity index (χ2n) is 6.96. The highest BCUT2D eigenvalue weighted by Crippen LogP contribution is 2.28. The van der Waals surface area contributed by atoms with E-state index in [1.165, 1.54) is 0 Å². The zero-order valence-electron chi connectivity index (χ0n) is 15.5. The lowest BCUT2D eigenvalue weighted by Gasteiger charge is -2.30. The number of carbonyl (C=O) groups is 1. The van der Waals surface area contributed by atoms with Crippen LogP contribution in [-0.4, -0.2) is 44.0 Å². The maximum atomic E-state index is 12.6. The summed E-state index contributed by atoms with van der Waals surface area (Å²) in [6.45, 7) is 3.23. The maximum absolute atomic E-state index is 12.6. The van der Waals surface area contributed by atoms with Gasteiger partial charge in [-0.05, 0) is 37.5 Å². The van der Waals surface area contributed by atoms with Gasteiger partial charge in [0.15, 0.2) is 5.82 Å². The van der Waals surface area contributed by atoms with Gasteiger partial charge in [-0.3, -0.25) is 9.78 Å². The van der Waals surface area contributed by atoms with Gasteiger partial charge in [-0.2, -0.15) is 4.98 Å². The molecule has 1 fully saturated rings. The van der Waals surface area contributed by atoms with Gasteiger partial charge >= 0.3 is 0 Å². The molecule has 0 saturated carbocycles. The first-order valence-corrected chi connectivity index (χ1v) is 9.61. The minimum atomic E-state index is 0.115. The number of piperidine rings is 1. The van der Waals surface area contributed by atoms with E-state index in [1.807, 2.05) is 36.1 Å². The summed E-state index contributed by atoms with van der Waals surface area (Å²) >= 11 is 6.00. The van der Waals surface area contributed by atoms with Crippen LogP contribution in [0, 0.1) is 6.92 Å². The van der Waals surface area contributed by atoms with Crippen molar-refractivity contribution in [3.05, 3.63) is 58.8 Å². The van der Waals surface area contributed by atoms with E-state index in [0.29, 0.717) is 41.9 Å². The average Bonchev–Trinajstić information content (AvgIpc) is 3.19. The van der Waals surface area contributed by atoms with E-state index >= 15 is 0 Å². The zero-order valence-corrected chi connectivity index (χ0v) is 16.3. The minimum absolute atomic E-state index is 0.115. The summed E-state index contributed by atoms with van der Waals surface area (Å²) in [5.74, 6) is 1.33. The molecule has 8 heteroatoms. The van der Waals surface area contributed by atoms with Crippen molar-refractivity contribution in [3.63, 3.8) is 0 Å². The molecule has 3 aromatic rings. The van der Waals surface area contributed by atoms with Crippen molar-refractivity contribution in [1.82, 2.24) is 25.0 Å². The lowest BCUT2D eigenvalue weighted by molar-refractivity contribution is -0.131. The lowest BCUT2D eigenvalue weighted by Crippen LogP contribution is -2.39. The molecule has 4 rings (SSSR count). The third kappa shape index (κ3) is 4.20. The first kappa shape index (κ1) is 18.6. The van der Waals surface area contributed by atoms with Gasteiger partial charge in [0, 0.05) is 30.2 Å². The molecule has 0 unspecified atom stereocenters. The van der Waals surface area contributed by atoms with Crippen molar-refractivity contribution < 1.29 is 9.32 Å². The largest absolute Gasteiger partial charge is 0.342 e. The van der Waals surface area contributed by atoms with Crippen LogP contribution in [0.3, 0.4) is 0 Å². The van der Waals surface area contributed by atoms with Crippen molar-refractivity contribution in [3.8, 4) is 11.6 Å². The van der Waals surface area contributed by atoms with E-state index in [2.05, 4.69) is 20.1 Å². The second-order valence-corrected chi connectivity index (χ2v) is 7.40. The van der Waals surface area contributed by atoms with Crippen LogP contribution in [0.25, 0.3) is 11.6 Å². The highest BCUT2D eigenvalue weighted by molar-refractivity contribution is 6.30. The number of likely N-dealkylation sites (tertiary alicyclic amines) is 1. The Morgan fingerprint density at radius 1 is 1.25 bits per heavy atom. The monoisotopic (exact) mass is 397 g/mol. The van der Waals surface area contributed by atoms with Gasteiger partial charge in [0.25, 0.3) is 5.89 Å². The molecule has 1 aromatic carbocycles. The number of rotatable bonds is 4. The third-order valence-electron chi connectivity index (χ3n) is 4.90. The third-order valence-corrected chi connectivity index (χ3v) is 5.13. The van der Waals surface area contributed by atoms with E-state index in [9.17, 15) is 4.79 Å². The molecule has 0 N–H and O–H groups in total. The van der Waals surface area contributed by atoms with Crippen LogP contribution >= 0.6 is 11.6 Å². The molecular weight excluding hydrogens is 378 g/mol. The number of aryl methyl sites for hydroxylation is 1. The Labute approximate surface area is 167 Å². The Bertz CT molecular complexity index is 965. The molecule has 1 amide bonds. The Balaban J connectivity index is 1.35. The Morgan fingerprint density at radius 3 is 2.79 bits per heavy atom. The van der Waals surface area contributed by atoms with Crippen molar-refractivity contribution in [2.24, 2.45) is 0 Å². The molecule has 0 radical (unpaired) electrons. The van der Waals surface area contributed by atoms with Gasteiger partial charge in [-0.15, -0.1) is 0 Å². The summed E-state index contributed by atoms with van der Waals surface area (Å²) < 4.78 is 5.35. The van der Waals surface area contributed by atoms with E-state index < -0.39 is 0 Å². The molecule has 0 aliphatic carbocycles. The fourth-order valence-corrected chi connectivity index (χ4v) is 3.54. The predicted molar refractivity (Wildman–Crippen MR) is 104 cm³/mol. The topological polar surface area (TPSA) is 85.0 Å². The van der Waals surface area contributed by atoms with Crippen LogP contribution in [0.4, 0.5) is 0 Å². The first-order chi connectivity index (χ1) is 13.6. The Kier molecular flexibility index (Phi) is 5.34. The molecule has 1 saturated heterocycles. The van der Waals surface area contributed by atoms with Crippen LogP contribution in [0.2, 0.25) is 5.02 Å². The highest BCUT2D eigenvalue weighted by Gasteiger charge is 2.27. The molecule has 1 aliphatic rings. The number of nitrogens with zero attached hydrogens (tertiary/aromatic N) is 5.